The Balaban J connectivity index is 2.32. The molecule has 0 bridgehead atoms. The summed E-state index contributed by atoms with van der Waals surface area (Å²) in [6, 6.07) is 0. The third-order valence-corrected chi connectivity index (χ3v) is 2.56. The van der Waals surface area contributed by atoms with Crippen molar-refractivity contribution in [3.63, 3.8) is 0 Å². The Bertz CT molecular complexity index is 79.1. The van der Waals surface area contributed by atoms with E-state index in [0.717, 1.165) is 11.5 Å². The first-order valence-electron chi connectivity index (χ1n) is 3.20. The van der Waals surface area contributed by atoms with Gasteiger partial charge in [-0.2, -0.15) is 11.8 Å². The van der Waals surface area contributed by atoms with Crippen molar-refractivity contribution in [2.45, 2.75) is 25.1 Å². The Labute approximate surface area is 58.6 Å². The standard InChI is InChI=1S/C6H11FOS/c7-5-1-3-9-4-2-6(5)8/h5-6,8H,1-4H2/t5-,6+/m1/s1. The maximum absolute atomic E-state index is 12.6. The second-order valence-corrected chi connectivity index (χ2v) is 3.50. The minimum atomic E-state index is -0.972. The molecule has 0 spiro atoms. The third kappa shape index (κ3) is 2.14. The minimum Gasteiger partial charge on any atom is -0.390 e. The van der Waals surface area contributed by atoms with Gasteiger partial charge in [0.05, 0.1) is 6.10 Å². The van der Waals surface area contributed by atoms with Crippen LogP contribution in [-0.2, 0) is 0 Å². The van der Waals surface area contributed by atoms with Crippen LogP contribution in [0.3, 0.4) is 0 Å². The lowest BCUT2D eigenvalue weighted by atomic mass is 10.1. The Kier molecular flexibility index (Phi) is 2.79. The van der Waals surface area contributed by atoms with Gasteiger partial charge in [0.2, 0.25) is 0 Å². The highest BCUT2D eigenvalue weighted by molar-refractivity contribution is 7.99. The van der Waals surface area contributed by atoms with Gasteiger partial charge in [0.15, 0.2) is 0 Å². The van der Waals surface area contributed by atoms with Gasteiger partial charge in [-0.05, 0) is 24.3 Å². The van der Waals surface area contributed by atoms with Gasteiger partial charge in [0.25, 0.3) is 0 Å². The summed E-state index contributed by atoms with van der Waals surface area (Å²) in [5.74, 6) is 1.76. The lowest BCUT2D eigenvalue weighted by Gasteiger charge is -2.09. The van der Waals surface area contributed by atoms with Crippen LogP contribution in [-0.4, -0.2) is 28.9 Å². The van der Waals surface area contributed by atoms with E-state index in [1.165, 1.54) is 0 Å². The van der Waals surface area contributed by atoms with Crippen LogP contribution in [0.4, 0.5) is 4.39 Å². The van der Waals surface area contributed by atoms with Crippen LogP contribution in [0.1, 0.15) is 12.8 Å². The second-order valence-electron chi connectivity index (χ2n) is 2.27. The van der Waals surface area contributed by atoms with E-state index in [9.17, 15) is 4.39 Å². The topological polar surface area (TPSA) is 20.2 Å². The zero-order chi connectivity index (χ0) is 6.69. The minimum absolute atomic E-state index is 0.520. The van der Waals surface area contributed by atoms with Crippen LogP contribution in [0, 0.1) is 0 Å². The number of halogens is 1. The number of hydrogen-bond donors (Lipinski definition) is 1. The molecule has 1 nitrogen and oxygen atoms in total. The van der Waals surface area contributed by atoms with Gasteiger partial charge < -0.3 is 5.11 Å². The van der Waals surface area contributed by atoms with E-state index >= 15 is 0 Å². The SMILES string of the molecule is O[C@H]1CCSCC[C@H]1F. The molecule has 1 saturated heterocycles. The fourth-order valence-electron chi connectivity index (χ4n) is 0.875. The molecule has 2 atom stereocenters. The Morgan fingerprint density at radius 1 is 1.33 bits per heavy atom. The molecule has 1 fully saturated rings. The first-order chi connectivity index (χ1) is 4.30. The van der Waals surface area contributed by atoms with E-state index in [2.05, 4.69) is 0 Å². The van der Waals surface area contributed by atoms with Crippen LogP contribution in [0.15, 0.2) is 0 Å². The average molecular weight is 150 g/mol. The van der Waals surface area contributed by atoms with Crippen molar-refractivity contribution in [1.82, 2.24) is 0 Å². The Hall–Kier alpha value is 0.240. The lowest BCUT2D eigenvalue weighted by Crippen LogP contribution is -2.20. The predicted octanol–water partition coefficient (Wildman–Crippen LogP) is 1.21. The molecule has 0 aromatic rings. The molecular weight excluding hydrogens is 139 g/mol. The third-order valence-electron chi connectivity index (χ3n) is 1.51. The van der Waals surface area contributed by atoms with E-state index < -0.39 is 12.3 Å². The van der Waals surface area contributed by atoms with Crippen molar-refractivity contribution < 1.29 is 9.50 Å². The molecule has 0 unspecified atom stereocenters. The highest BCUT2D eigenvalue weighted by Gasteiger charge is 2.20. The van der Waals surface area contributed by atoms with E-state index in [0.29, 0.717) is 12.8 Å². The summed E-state index contributed by atoms with van der Waals surface area (Å²) in [5, 5.41) is 8.97. The van der Waals surface area contributed by atoms with Gasteiger partial charge in [-0.15, -0.1) is 0 Å². The zero-order valence-corrected chi connectivity index (χ0v) is 6.03. The normalized spacial score (nSPS) is 38.0. The van der Waals surface area contributed by atoms with Crippen molar-refractivity contribution >= 4 is 11.8 Å². The lowest BCUT2D eigenvalue weighted by molar-refractivity contribution is 0.0760. The van der Waals surface area contributed by atoms with Crippen LogP contribution in [0.5, 0.6) is 0 Å². The molecule has 1 rings (SSSR count). The summed E-state index contributed by atoms with van der Waals surface area (Å²) in [6.07, 6.45) is -0.530. The maximum Gasteiger partial charge on any atom is 0.127 e. The summed E-state index contributed by atoms with van der Waals surface area (Å²) in [6.45, 7) is 0. The smallest absolute Gasteiger partial charge is 0.127 e. The maximum atomic E-state index is 12.6. The van der Waals surface area contributed by atoms with E-state index in [-0.39, 0.29) is 0 Å². The van der Waals surface area contributed by atoms with Crippen LogP contribution in [0.25, 0.3) is 0 Å². The first-order valence-corrected chi connectivity index (χ1v) is 4.36. The fraction of sp³-hybridized carbons (Fsp3) is 1.00. The van der Waals surface area contributed by atoms with Crippen LogP contribution < -0.4 is 0 Å². The summed E-state index contributed by atoms with van der Waals surface area (Å²) < 4.78 is 12.6. The van der Waals surface area contributed by atoms with Gasteiger partial charge in [-0.1, -0.05) is 0 Å². The van der Waals surface area contributed by atoms with Gasteiger partial charge in [0, 0.05) is 0 Å². The fourth-order valence-corrected chi connectivity index (χ4v) is 1.88. The van der Waals surface area contributed by atoms with Crippen molar-refractivity contribution in [3.8, 4) is 0 Å². The molecule has 0 radical (unpaired) electrons. The van der Waals surface area contributed by atoms with Crippen molar-refractivity contribution in [2.75, 3.05) is 11.5 Å². The highest BCUT2D eigenvalue weighted by Crippen LogP contribution is 2.19. The molecule has 3 heteroatoms. The molecular formula is C6H11FOS. The average Bonchev–Trinajstić information content (AvgIpc) is 1.99. The number of aliphatic hydroxyl groups is 1. The molecule has 1 heterocycles. The molecule has 0 saturated carbocycles. The molecule has 0 aromatic carbocycles. The highest BCUT2D eigenvalue weighted by atomic mass is 32.2. The number of thioether (sulfide) groups is 1. The summed E-state index contributed by atoms with van der Waals surface area (Å²) in [5.41, 5.74) is 0. The largest absolute Gasteiger partial charge is 0.390 e. The molecule has 0 amide bonds. The monoisotopic (exact) mass is 150 g/mol. The van der Waals surface area contributed by atoms with Gasteiger partial charge in [-0.3, -0.25) is 0 Å². The van der Waals surface area contributed by atoms with Gasteiger partial charge in [0.1, 0.15) is 6.17 Å². The van der Waals surface area contributed by atoms with Crippen molar-refractivity contribution in [2.24, 2.45) is 0 Å². The molecule has 0 aromatic heterocycles. The van der Waals surface area contributed by atoms with Crippen molar-refractivity contribution in [1.29, 1.82) is 0 Å². The number of aliphatic hydroxyl groups excluding tert-OH is 1. The summed E-state index contributed by atoms with van der Waals surface area (Å²) >= 11 is 1.72. The summed E-state index contributed by atoms with van der Waals surface area (Å²) in [4.78, 5) is 0. The molecule has 1 aliphatic heterocycles. The molecule has 1 aliphatic rings. The number of hydrogen-bond acceptors (Lipinski definition) is 2. The quantitative estimate of drug-likeness (QED) is 0.560. The van der Waals surface area contributed by atoms with Crippen LogP contribution >= 0.6 is 11.8 Å². The van der Waals surface area contributed by atoms with Gasteiger partial charge in [-0.25, -0.2) is 4.39 Å². The second kappa shape index (κ2) is 3.42. The Morgan fingerprint density at radius 3 is 2.78 bits per heavy atom. The molecule has 0 aliphatic carbocycles. The van der Waals surface area contributed by atoms with E-state index in [1.807, 2.05) is 0 Å². The zero-order valence-electron chi connectivity index (χ0n) is 5.22. The number of rotatable bonds is 0. The predicted molar refractivity (Wildman–Crippen MR) is 37.5 cm³/mol. The number of alkyl halides is 1. The van der Waals surface area contributed by atoms with Gasteiger partial charge >= 0.3 is 0 Å². The van der Waals surface area contributed by atoms with Crippen LogP contribution in [0.2, 0.25) is 0 Å². The Morgan fingerprint density at radius 2 is 2.00 bits per heavy atom. The summed E-state index contributed by atoms with van der Waals surface area (Å²) in [7, 11) is 0. The van der Waals surface area contributed by atoms with E-state index in [1.54, 1.807) is 11.8 Å². The van der Waals surface area contributed by atoms with E-state index in [4.69, 9.17) is 5.11 Å². The first kappa shape index (κ1) is 7.35. The molecule has 1 N–H and O–H groups in total. The van der Waals surface area contributed by atoms with Crippen molar-refractivity contribution in [3.05, 3.63) is 0 Å². The molecule has 9 heavy (non-hydrogen) atoms. The molecule has 54 valence electrons.